The van der Waals surface area contributed by atoms with Gasteiger partial charge in [0.15, 0.2) is 0 Å². The van der Waals surface area contributed by atoms with Gasteiger partial charge >= 0.3 is 5.97 Å². The molecule has 0 atom stereocenters. The van der Waals surface area contributed by atoms with Crippen molar-refractivity contribution >= 4 is 23.2 Å². The number of nitrogens with one attached hydrogen (secondary N) is 1. The molecule has 1 aliphatic heterocycles. The number of aromatic nitrogens is 1. The van der Waals surface area contributed by atoms with Crippen LogP contribution in [0.1, 0.15) is 35.1 Å². The molecule has 1 aromatic heterocycles. The van der Waals surface area contributed by atoms with Crippen molar-refractivity contribution in [2.75, 3.05) is 16.8 Å². The van der Waals surface area contributed by atoms with E-state index in [2.05, 4.69) is 34.3 Å². The predicted molar refractivity (Wildman–Crippen MR) is 120 cm³/mol. The number of halogens is 1. The molecule has 160 valence electrons. The monoisotopic (exact) mass is 419 g/mol. The number of carboxylic acids is 1. The van der Waals surface area contributed by atoms with Crippen LogP contribution in [0, 0.1) is 12.7 Å². The Hall–Kier alpha value is -3.41. The van der Waals surface area contributed by atoms with E-state index >= 15 is 0 Å². The van der Waals surface area contributed by atoms with Crippen molar-refractivity contribution in [3.05, 3.63) is 82.8 Å². The van der Waals surface area contributed by atoms with Crippen LogP contribution < -0.4 is 10.2 Å². The minimum Gasteiger partial charge on any atom is -0.481 e. The Bertz CT molecular complexity index is 1090. The second kappa shape index (κ2) is 9.16. The molecular weight excluding hydrogens is 393 g/mol. The zero-order valence-electron chi connectivity index (χ0n) is 17.6. The summed E-state index contributed by atoms with van der Waals surface area (Å²) in [5.74, 6) is -0.352. The van der Waals surface area contributed by atoms with Crippen molar-refractivity contribution < 1.29 is 14.3 Å². The molecule has 0 aliphatic carbocycles. The molecule has 5 nitrogen and oxygen atoms in total. The number of aliphatic carboxylic acids is 1. The molecule has 1 aliphatic rings. The molecule has 0 unspecified atom stereocenters. The van der Waals surface area contributed by atoms with Crippen LogP contribution in [0.5, 0.6) is 0 Å². The summed E-state index contributed by atoms with van der Waals surface area (Å²) in [5.41, 5.74) is 6.00. The second-order valence-electron chi connectivity index (χ2n) is 7.85. The highest BCUT2D eigenvalue weighted by Gasteiger charge is 2.22. The lowest BCUT2D eigenvalue weighted by molar-refractivity contribution is -0.136. The molecule has 0 saturated carbocycles. The fraction of sp³-hybridized carbons (Fsp3) is 0.280. The van der Waals surface area contributed by atoms with Crippen LogP contribution in [0.4, 0.5) is 21.6 Å². The van der Waals surface area contributed by atoms with E-state index in [9.17, 15) is 9.18 Å². The molecule has 0 amide bonds. The van der Waals surface area contributed by atoms with E-state index in [1.54, 1.807) is 12.1 Å². The van der Waals surface area contributed by atoms with Gasteiger partial charge in [0.1, 0.15) is 11.6 Å². The van der Waals surface area contributed by atoms with Crippen molar-refractivity contribution in [3.63, 3.8) is 0 Å². The fourth-order valence-electron chi connectivity index (χ4n) is 4.15. The van der Waals surface area contributed by atoms with Crippen molar-refractivity contribution in [3.8, 4) is 0 Å². The number of anilines is 3. The first-order valence-electron chi connectivity index (χ1n) is 10.6. The largest absolute Gasteiger partial charge is 0.481 e. The zero-order chi connectivity index (χ0) is 21.8. The van der Waals surface area contributed by atoms with Crippen LogP contribution in [-0.2, 0) is 24.2 Å². The van der Waals surface area contributed by atoms with E-state index in [0.29, 0.717) is 17.8 Å². The van der Waals surface area contributed by atoms with Gasteiger partial charge in [0.2, 0.25) is 0 Å². The average molecular weight is 420 g/mol. The first-order valence-corrected chi connectivity index (χ1v) is 10.6. The summed E-state index contributed by atoms with van der Waals surface area (Å²) in [5, 5.41) is 12.1. The van der Waals surface area contributed by atoms with Crippen LogP contribution in [0.25, 0.3) is 0 Å². The number of hydrogen-bond acceptors (Lipinski definition) is 4. The molecule has 4 rings (SSSR count). The number of rotatable bonds is 7. The van der Waals surface area contributed by atoms with Crippen LogP contribution >= 0.6 is 0 Å². The molecule has 2 N–H and O–H groups in total. The highest BCUT2D eigenvalue weighted by molar-refractivity contribution is 5.71. The first-order chi connectivity index (χ1) is 15.0. The number of hydrogen-bond donors (Lipinski definition) is 2. The van der Waals surface area contributed by atoms with E-state index in [1.807, 2.05) is 24.4 Å². The maximum Gasteiger partial charge on any atom is 0.303 e. The van der Waals surface area contributed by atoms with Crippen LogP contribution in [0.2, 0.25) is 0 Å². The van der Waals surface area contributed by atoms with Gasteiger partial charge < -0.3 is 15.3 Å². The molecule has 31 heavy (non-hydrogen) atoms. The van der Waals surface area contributed by atoms with Gasteiger partial charge in [-0.1, -0.05) is 24.3 Å². The average Bonchev–Trinajstić information content (AvgIpc) is 2.78. The maximum absolute atomic E-state index is 14.3. The molecular formula is C25H26FN3O2. The number of fused-ring (bicyclic) bond motifs is 1. The van der Waals surface area contributed by atoms with Crippen molar-refractivity contribution in [1.82, 2.24) is 4.98 Å². The normalized spacial score (nSPS) is 13.0. The number of pyridine rings is 1. The topological polar surface area (TPSA) is 65.5 Å². The molecule has 2 heterocycles. The minimum absolute atomic E-state index is 0.0786. The predicted octanol–water partition coefficient (Wildman–Crippen LogP) is 5.24. The Kier molecular flexibility index (Phi) is 6.16. The summed E-state index contributed by atoms with van der Waals surface area (Å²) in [7, 11) is 0. The Morgan fingerprint density at radius 3 is 2.77 bits per heavy atom. The number of benzene rings is 2. The highest BCUT2D eigenvalue weighted by atomic mass is 19.1. The van der Waals surface area contributed by atoms with Crippen molar-refractivity contribution in [2.45, 2.75) is 39.2 Å². The van der Waals surface area contributed by atoms with E-state index in [0.717, 1.165) is 30.8 Å². The molecule has 0 saturated heterocycles. The van der Waals surface area contributed by atoms with Gasteiger partial charge in [-0.3, -0.25) is 4.79 Å². The van der Waals surface area contributed by atoms with Gasteiger partial charge in [-0.25, -0.2) is 9.37 Å². The standard InChI is InChI=1S/C25H26FN3O2/c1-17-20(16-28-21-11-9-18(22(26)15-21)10-12-24(30)31)8-7-19-5-4-14-29(25(17)19)23-6-2-3-13-27-23/h2-3,6-9,11,13,15,28H,4-5,10,12,14,16H2,1H3,(H,30,31). The van der Waals surface area contributed by atoms with Gasteiger partial charge in [0, 0.05) is 37.1 Å². The van der Waals surface area contributed by atoms with Gasteiger partial charge in [-0.2, -0.15) is 0 Å². The SMILES string of the molecule is Cc1c(CNc2ccc(CCC(=O)O)c(F)c2)ccc2c1N(c1ccccn1)CCC2. The molecule has 0 fully saturated rings. The van der Waals surface area contributed by atoms with Gasteiger partial charge in [-0.15, -0.1) is 0 Å². The Morgan fingerprint density at radius 1 is 1.19 bits per heavy atom. The van der Waals surface area contributed by atoms with Crippen LogP contribution in [0.15, 0.2) is 54.7 Å². The lowest BCUT2D eigenvalue weighted by Crippen LogP contribution is -2.26. The Balaban J connectivity index is 1.53. The third-order valence-corrected chi connectivity index (χ3v) is 5.79. The summed E-state index contributed by atoms with van der Waals surface area (Å²) in [6, 6.07) is 15.2. The van der Waals surface area contributed by atoms with Crippen LogP contribution in [0.3, 0.4) is 0 Å². The number of nitrogens with zero attached hydrogens (tertiary/aromatic N) is 2. The molecule has 0 radical (unpaired) electrons. The number of aryl methyl sites for hydroxylation is 2. The Morgan fingerprint density at radius 2 is 2.03 bits per heavy atom. The maximum atomic E-state index is 14.3. The van der Waals surface area contributed by atoms with E-state index in [-0.39, 0.29) is 18.7 Å². The smallest absolute Gasteiger partial charge is 0.303 e. The third kappa shape index (κ3) is 4.68. The van der Waals surface area contributed by atoms with Gasteiger partial charge in [0.05, 0.1) is 0 Å². The van der Waals surface area contributed by atoms with E-state index in [1.165, 1.54) is 22.9 Å². The number of carboxylic acid groups (broad SMARTS) is 1. The summed E-state index contributed by atoms with van der Waals surface area (Å²) in [6.07, 6.45) is 4.07. The summed E-state index contributed by atoms with van der Waals surface area (Å²) >= 11 is 0. The van der Waals surface area contributed by atoms with Gasteiger partial charge in [-0.05, 0) is 72.7 Å². The van der Waals surface area contributed by atoms with E-state index in [4.69, 9.17) is 5.11 Å². The lowest BCUT2D eigenvalue weighted by atomic mass is 9.94. The lowest BCUT2D eigenvalue weighted by Gasteiger charge is -2.33. The molecule has 2 aromatic carbocycles. The summed E-state index contributed by atoms with van der Waals surface area (Å²) < 4.78 is 14.3. The quantitative estimate of drug-likeness (QED) is 0.548. The highest BCUT2D eigenvalue weighted by Crippen LogP contribution is 2.37. The molecule has 0 bridgehead atoms. The van der Waals surface area contributed by atoms with Crippen LogP contribution in [-0.4, -0.2) is 22.6 Å². The molecule has 6 heteroatoms. The first kappa shape index (κ1) is 20.8. The molecule has 0 spiro atoms. The summed E-state index contributed by atoms with van der Waals surface area (Å²) in [6.45, 7) is 3.64. The summed E-state index contributed by atoms with van der Waals surface area (Å²) in [4.78, 5) is 17.5. The Labute approximate surface area is 181 Å². The fourth-order valence-corrected chi connectivity index (χ4v) is 4.15. The minimum atomic E-state index is -0.927. The number of carbonyl (C=O) groups is 1. The zero-order valence-corrected chi connectivity index (χ0v) is 17.6. The second-order valence-corrected chi connectivity index (χ2v) is 7.85. The van der Waals surface area contributed by atoms with Gasteiger partial charge in [0.25, 0.3) is 0 Å². The third-order valence-electron chi connectivity index (χ3n) is 5.79. The van der Waals surface area contributed by atoms with Crippen molar-refractivity contribution in [1.29, 1.82) is 0 Å². The van der Waals surface area contributed by atoms with E-state index < -0.39 is 5.97 Å². The van der Waals surface area contributed by atoms with Crippen molar-refractivity contribution in [2.24, 2.45) is 0 Å². The molecule has 3 aromatic rings.